The van der Waals surface area contributed by atoms with Crippen LogP contribution >= 0.6 is 0 Å². The molecule has 1 aliphatic rings. The third-order valence-electron chi connectivity index (χ3n) is 4.74. The lowest BCUT2D eigenvalue weighted by Crippen LogP contribution is -2.26. The van der Waals surface area contributed by atoms with Crippen molar-refractivity contribution >= 4 is 0 Å². The van der Waals surface area contributed by atoms with Gasteiger partial charge in [-0.1, -0.05) is 19.1 Å². The molecule has 0 amide bonds. The van der Waals surface area contributed by atoms with Gasteiger partial charge in [0, 0.05) is 6.07 Å². The molecule has 0 aliphatic heterocycles. The summed E-state index contributed by atoms with van der Waals surface area (Å²) >= 11 is 0. The Morgan fingerprint density at radius 2 is 1.96 bits per heavy atom. The topological polar surface area (TPSA) is 9.23 Å². The highest BCUT2D eigenvalue weighted by Gasteiger charge is 2.33. The summed E-state index contributed by atoms with van der Waals surface area (Å²) in [6, 6.07) is 3.95. The van der Waals surface area contributed by atoms with E-state index in [4.69, 9.17) is 4.74 Å². The van der Waals surface area contributed by atoms with Crippen LogP contribution in [0.3, 0.4) is 0 Å². The summed E-state index contributed by atoms with van der Waals surface area (Å²) in [5.41, 5.74) is 0.500. The van der Waals surface area contributed by atoms with Crippen LogP contribution in [0.25, 0.3) is 0 Å². The van der Waals surface area contributed by atoms with Gasteiger partial charge in [-0.05, 0) is 62.0 Å². The average Bonchev–Trinajstić information content (AvgIpc) is 2.53. The van der Waals surface area contributed by atoms with E-state index in [-0.39, 0.29) is 12.2 Å². The zero-order chi connectivity index (χ0) is 16.9. The van der Waals surface area contributed by atoms with E-state index < -0.39 is 11.9 Å². The minimum absolute atomic E-state index is 0.111. The second kappa shape index (κ2) is 7.89. The van der Waals surface area contributed by atoms with Gasteiger partial charge < -0.3 is 4.74 Å². The number of aryl methyl sites for hydroxylation is 1. The maximum absolute atomic E-state index is 14.0. The predicted octanol–water partition coefficient (Wildman–Crippen LogP) is 6.13. The van der Waals surface area contributed by atoms with E-state index >= 15 is 0 Å². The zero-order valence-electron chi connectivity index (χ0n) is 13.7. The molecule has 4 heteroatoms. The normalized spacial score (nSPS) is 21.9. The van der Waals surface area contributed by atoms with Crippen molar-refractivity contribution in [1.82, 2.24) is 0 Å². The van der Waals surface area contributed by atoms with Gasteiger partial charge in [0.25, 0.3) is 0 Å². The van der Waals surface area contributed by atoms with E-state index in [2.05, 4.69) is 6.58 Å². The Labute approximate surface area is 136 Å². The number of hydrogen-bond donors (Lipinski definition) is 0. The molecule has 0 spiro atoms. The van der Waals surface area contributed by atoms with Crippen LogP contribution in [-0.2, 0) is 6.42 Å². The summed E-state index contributed by atoms with van der Waals surface area (Å²) in [5, 5.41) is 0. The van der Waals surface area contributed by atoms with E-state index in [1.54, 1.807) is 0 Å². The third kappa shape index (κ3) is 5.29. The molecule has 128 valence electrons. The Hall–Kier alpha value is -1.45. The number of benzene rings is 1. The third-order valence-corrected chi connectivity index (χ3v) is 4.74. The predicted molar refractivity (Wildman–Crippen MR) is 86.2 cm³/mol. The molecular weight excluding hydrogens is 301 g/mol. The molecule has 0 atom stereocenters. The quantitative estimate of drug-likeness (QED) is 0.547. The van der Waals surface area contributed by atoms with E-state index in [0.717, 1.165) is 31.7 Å². The first-order valence-electron chi connectivity index (χ1n) is 8.41. The highest BCUT2D eigenvalue weighted by atomic mass is 19.3. The minimum Gasteiger partial charge on any atom is -0.432 e. The van der Waals surface area contributed by atoms with Gasteiger partial charge in [-0.3, -0.25) is 0 Å². The van der Waals surface area contributed by atoms with Crippen LogP contribution in [0.2, 0.25) is 0 Å². The summed E-state index contributed by atoms with van der Waals surface area (Å²) < 4.78 is 46.3. The smallest absolute Gasteiger partial charge is 0.397 e. The van der Waals surface area contributed by atoms with Crippen LogP contribution in [0.4, 0.5) is 13.2 Å². The summed E-state index contributed by atoms with van der Waals surface area (Å²) in [5.74, 6) is 0.242. The molecular formula is C19H25F3O. The molecule has 23 heavy (non-hydrogen) atoms. The lowest BCUT2D eigenvalue weighted by Gasteiger charge is -2.28. The molecule has 0 unspecified atom stereocenters. The molecule has 2 rings (SSSR count). The standard InChI is InChI=1S/C19H25F3O/c1-3-14-5-7-15(8-6-14)11-12-19(21,22)23-17-10-9-16(4-2)18(20)13-17/h3,9-10,13-15H,1,4-8,11-12H2,2H3. The molecule has 1 fully saturated rings. The Balaban J connectivity index is 1.84. The van der Waals surface area contributed by atoms with Crippen LogP contribution in [0.5, 0.6) is 5.75 Å². The fourth-order valence-electron chi connectivity index (χ4n) is 3.19. The van der Waals surface area contributed by atoms with Crippen molar-refractivity contribution in [2.75, 3.05) is 0 Å². The maximum Gasteiger partial charge on any atom is 0.397 e. The van der Waals surface area contributed by atoms with Crippen molar-refractivity contribution in [1.29, 1.82) is 0 Å². The summed E-state index contributed by atoms with van der Waals surface area (Å²) in [4.78, 5) is 0. The highest BCUT2D eigenvalue weighted by Crippen LogP contribution is 2.35. The second-order valence-electron chi connectivity index (χ2n) is 6.40. The van der Waals surface area contributed by atoms with Gasteiger partial charge in [-0.15, -0.1) is 6.58 Å². The SMILES string of the molecule is C=CC1CCC(CCC(F)(F)Oc2ccc(CC)c(F)c2)CC1. The minimum atomic E-state index is -3.25. The van der Waals surface area contributed by atoms with E-state index in [9.17, 15) is 13.2 Å². The number of allylic oxidation sites excluding steroid dienone is 1. The lowest BCUT2D eigenvalue weighted by molar-refractivity contribution is -0.183. The van der Waals surface area contributed by atoms with Gasteiger partial charge in [-0.2, -0.15) is 8.78 Å². The Morgan fingerprint density at radius 1 is 1.26 bits per heavy atom. The van der Waals surface area contributed by atoms with Crippen molar-refractivity contribution in [2.24, 2.45) is 11.8 Å². The summed E-state index contributed by atoms with van der Waals surface area (Å²) in [6.45, 7) is 5.60. The molecule has 1 aliphatic carbocycles. The largest absolute Gasteiger partial charge is 0.432 e. The van der Waals surface area contributed by atoms with Crippen molar-refractivity contribution in [3.63, 3.8) is 0 Å². The zero-order valence-corrected chi connectivity index (χ0v) is 13.7. The molecule has 0 bridgehead atoms. The molecule has 0 heterocycles. The van der Waals surface area contributed by atoms with Gasteiger partial charge in [0.15, 0.2) is 0 Å². The number of hydrogen-bond acceptors (Lipinski definition) is 1. The van der Waals surface area contributed by atoms with Crippen molar-refractivity contribution in [3.05, 3.63) is 42.2 Å². The van der Waals surface area contributed by atoms with Gasteiger partial charge in [0.2, 0.25) is 0 Å². The Kier molecular flexibility index (Phi) is 6.14. The Morgan fingerprint density at radius 3 is 2.52 bits per heavy atom. The fourth-order valence-corrected chi connectivity index (χ4v) is 3.19. The van der Waals surface area contributed by atoms with Crippen LogP contribution in [0.1, 0.15) is 51.0 Å². The average molecular weight is 326 g/mol. The van der Waals surface area contributed by atoms with Gasteiger partial charge in [0.1, 0.15) is 11.6 Å². The van der Waals surface area contributed by atoms with Crippen molar-refractivity contribution in [2.45, 2.75) is 58.0 Å². The first kappa shape index (κ1) is 17.9. The molecule has 1 aromatic rings. The van der Waals surface area contributed by atoms with Crippen LogP contribution in [0, 0.1) is 17.7 Å². The van der Waals surface area contributed by atoms with Gasteiger partial charge in [0.05, 0.1) is 6.42 Å². The number of rotatable bonds is 7. The molecule has 1 saturated carbocycles. The Bertz CT molecular complexity index is 519. The lowest BCUT2D eigenvalue weighted by atomic mass is 9.80. The molecule has 0 radical (unpaired) electrons. The van der Waals surface area contributed by atoms with Crippen molar-refractivity contribution in [3.8, 4) is 5.75 Å². The monoisotopic (exact) mass is 326 g/mol. The highest BCUT2D eigenvalue weighted by molar-refractivity contribution is 5.29. The van der Waals surface area contributed by atoms with E-state index in [0.29, 0.717) is 30.2 Å². The van der Waals surface area contributed by atoms with E-state index in [1.165, 1.54) is 12.1 Å². The number of halogens is 3. The van der Waals surface area contributed by atoms with Gasteiger partial charge in [-0.25, -0.2) is 4.39 Å². The molecule has 0 aromatic heterocycles. The van der Waals surface area contributed by atoms with Crippen LogP contribution in [0.15, 0.2) is 30.9 Å². The first-order chi connectivity index (χ1) is 10.9. The number of alkyl halides is 2. The second-order valence-corrected chi connectivity index (χ2v) is 6.40. The van der Waals surface area contributed by atoms with Crippen molar-refractivity contribution < 1.29 is 17.9 Å². The molecule has 0 N–H and O–H groups in total. The van der Waals surface area contributed by atoms with Crippen LogP contribution < -0.4 is 4.74 Å². The summed E-state index contributed by atoms with van der Waals surface area (Å²) in [6.07, 6.45) is 3.33. The van der Waals surface area contributed by atoms with Crippen LogP contribution in [-0.4, -0.2) is 6.11 Å². The number of ether oxygens (including phenoxy) is 1. The molecule has 1 aromatic carbocycles. The fraction of sp³-hybridized carbons (Fsp3) is 0.579. The molecule has 1 nitrogen and oxygen atoms in total. The maximum atomic E-state index is 14.0. The molecule has 0 saturated heterocycles. The summed E-state index contributed by atoms with van der Waals surface area (Å²) in [7, 11) is 0. The first-order valence-corrected chi connectivity index (χ1v) is 8.41. The van der Waals surface area contributed by atoms with Gasteiger partial charge >= 0.3 is 6.11 Å². The van der Waals surface area contributed by atoms with E-state index in [1.807, 2.05) is 13.0 Å².